The van der Waals surface area contributed by atoms with Gasteiger partial charge in [-0.05, 0) is 45.1 Å². The number of allylic oxidation sites excluding steroid dienone is 3. The summed E-state index contributed by atoms with van der Waals surface area (Å²) in [6, 6.07) is 7.70. The van der Waals surface area contributed by atoms with E-state index in [0.29, 0.717) is 36.5 Å². The van der Waals surface area contributed by atoms with Gasteiger partial charge in [-0.1, -0.05) is 25.1 Å². The van der Waals surface area contributed by atoms with Crippen LogP contribution in [-0.2, 0) is 19.1 Å². The first-order chi connectivity index (χ1) is 15.1. The lowest BCUT2D eigenvalue weighted by Gasteiger charge is -2.34. The Bertz CT molecular complexity index is 910. The second-order valence-corrected chi connectivity index (χ2v) is 8.39. The van der Waals surface area contributed by atoms with Gasteiger partial charge in [0.2, 0.25) is 0 Å². The highest BCUT2D eigenvalue weighted by Gasteiger charge is 2.40. The van der Waals surface area contributed by atoms with Crippen molar-refractivity contribution in [1.82, 2.24) is 5.32 Å². The van der Waals surface area contributed by atoms with E-state index < -0.39 is 11.9 Å². The minimum absolute atomic E-state index is 0.0499. The van der Waals surface area contributed by atoms with Crippen LogP contribution in [0.3, 0.4) is 0 Å². The minimum Gasteiger partial charge on any atom is -0.493 e. The molecule has 2 heterocycles. The standard InChI is InChI=1S/C25H31NO5/c1-3-13-30-21-12-5-4-9-18(21)23-22(25(28)31-15-17-8-7-14-29-17)16(2)26-19-10-6-11-20(27)24(19)23/h4-5,9,12,17,23,26H,3,6-8,10-11,13-15H2,1-2H3/t17-,23+/m1/s1. The molecule has 166 valence electrons. The third-order valence-corrected chi connectivity index (χ3v) is 6.11. The van der Waals surface area contributed by atoms with E-state index in [-0.39, 0.29) is 18.5 Å². The van der Waals surface area contributed by atoms with Crippen molar-refractivity contribution in [3.05, 3.63) is 52.4 Å². The van der Waals surface area contributed by atoms with E-state index >= 15 is 0 Å². The molecule has 0 saturated carbocycles. The maximum absolute atomic E-state index is 13.3. The van der Waals surface area contributed by atoms with Crippen molar-refractivity contribution in [3.63, 3.8) is 0 Å². The topological polar surface area (TPSA) is 73.9 Å². The Morgan fingerprint density at radius 3 is 2.84 bits per heavy atom. The first-order valence-corrected chi connectivity index (χ1v) is 11.3. The van der Waals surface area contributed by atoms with Gasteiger partial charge < -0.3 is 19.5 Å². The maximum atomic E-state index is 13.3. The summed E-state index contributed by atoms with van der Waals surface area (Å²) in [4.78, 5) is 26.4. The van der Waals surface area contributed by atoms with E-state index in [1.165, 1.54) is 0 Å². The molecule has 2 aliphatic heterocycles. The summed E-state index contributed by atoms with van der Waals surface area (Å²) in [5, 5.41) is 3.34. The highest BCUT2D eigenvalue weighted by molar-refractivity contribution is 6.04. The van der Waals surface area contributed by atoms with Gasteiger partial charge in [0.1, 0.15) is 12.4 Å². The molecule has 1 aliphatic carbocycles. The van der Waals surface area contributed by atoms with Crippen LogP contribution in [0.5, 0.6) is 5.75 Å². The normalized spacial score (nSPS) is 23.5. The van der Waals surface area contributed by atoms with E-state index in [9.17, 15) is 9.59 Å². The van der Waals surface area contributed by atoms with E-state index in [1.807, 2.05) is 31.2 Å². The third kappa shape index (κ3) is 4.54. The summed E-state index contributed by atoms with van der Waals surface area (Å²) in [6.45, 7) is 5.45. The van der Waals surface area contributed by atoms with Crippen LogP contribution in [0, 0.1) is 0 Å². The number of hydrogen-bond acceptors (Lipinski definition) is 6. The third-order valence-electron chi connectivity index (χ3n) is 6.11. The fraction of sp³-hybridized carbons (Fsp3) is 0.520. The summed E-state index contributed by atoms with van der Waals surface area (Å²) >= 11 is 0. The highest BCUT2D eigenvalue weighted by atomic mass is 16.6. The van der Waals surface area contributed by atoms with Gasteiger partial charge in [0, 0.05) is 35.6 Å². The van der Waals surface area contributed by atoms with Crippen molar-refractivity contribution >= 4 is 11.8 Å². The Hall–Kier alpha value is -2.60. The summed E-state index contributed by atoms with van der Waals surface area (Å²) in [7, 11) is 0. The molecule has 2 atom stereocenters. The lowest BCUT2D eigenvalue weighted by atomic mass is 9.75. The van der Waals surface area contributed by atoms with Gasteiger partial charge >= 0.3 is 5.97 Å². The van der Waals surface area contributed by atoms with Crippen molar-refractivity contribution in [1.29, 1.82) is 0 Å². The molecule has 0 aromatic heterocycles. The highest BCUT2D eigenvalue weighted by Crippen LogP contribution is 2.45. The predicted molar refractivity (Wildman–Crippen MR) is 117 cm³/mol. The number of para-hydroxylation sites is 1. The van der Waals surface area contributed by atoms with Gasteiger partial charge in [-0.25, -0.2) is 4.79 Å². The minimum atomic E-state index is -0.492. The van der Waals surface area contributed by atoms with E-state index in [0.717, 1.165) is 49.1 Å². The number of dihydropyridines is 1. The second kappa shape index (κ2) is 9.69. The molecule has 0 bridgehead atoms. The number of carbonyl (C=O) groups excluding carboxylic acids is 2. The maximum Gasteiger partial charge on any atom is 0.336 e. The molecule has 1 aromatic carbocycles. The molecule has 0 spiro atoms. The molecule has 1 aromatic rings. The number of rotatable bonds is 7. The monoisotopic (exact) mass is 425 g/mol. The molecule has 1 fully saturated rings. The Balaban J connectivity index is 1.72. The van der Waals surface area contributed by atoms with Crippen LogP contribution in [-0.4, -0.2) is 37.7 Å². The van der Waals surface area contributed by atoms with Crippen LogP contribution in [0.15, 0.2) is 46.8 Å². The number of hydrogen-bond donors (Lipinski definition) is 1. The van der Waals surface area contributed by atoms with E-state index in [2.05, 4.69) is 12.2 Å². The molecule has 3 aliphatic rings. The molecule has 0 unspecified atom stereocenters. The van der Waals surface area contributed by atoms with Gasteiger partial charge in [0.25, 0.3) is 0 Å². The van der Waals surface area contributed by atoms with Gasteiger partial charge in [-0.15, -0.1) is 0 Å². The Labute approximate surface area is 183 Å². The summed E-state index contributed by atoms with van der Waals surface area (Å²) in [6.07, 6.45) is 4.81. The van der Waals surface area contributed by atoms with Crippen LogP contribution < -0.4 is 10.1 Å². The first-order valence-electron chi connectivity index (χ1n) is 11.3. The van der Waals surface area contributed by atoms with Crippen LogP contribution in [0.25, 0.3) is 0 Å². The number of benzene rings is 1. The van der Waals surface area contributed by atoms with Gasteiger partial charge in [0.15, 0.2) is 5.78 Å². The molecular formula is C25H31NO5. The smallest absolute Gasteiger partial charge is 0.336 e. The zero-order valence-corrected chi connectivity index (χ0v) is 18.4. The van der Waals surface area contributed by atoms with Crippen LogP contribution in [0.2, 0.25) is 0 Å². The number of carbonyl (C=O) groups is 2. The molecule has 0 amide bonds. The molecule has 1 N–H and O–H groups in total. The second-order valence-electron chi connectivity index (χ2n) is 8.39. The predicted octanol–water partition coefficient (Wildman–Crippen LogP) is 4.17. The average Bonchev–Trinajstić information content (AvgIpc) is 3.29. The number of ether oxygens (including phenoxy) is 3. The van der Waals surface area contributed by atoms with E-state index in [1.54, 1.807) is 0 Å². The fourth-order valence-electron chi connectivity index (χ4n) is 4.65. The van der Waals surface area contributed by atoms with Crippen molar-refractivity contribution < 1.29 is 23.8 Å². The SMILES string of the molecule is CCCOc1ccccc1[C@H]1C(C(=O)OC[C@H]2CCCO2)=C(C)NC2=C1C(=O)CCC2. The van der Waals surface area contributed by atoms with Crippen molar-refractivity contribution in [2.75, 3.05) is 19.8 Å². The van der Waals surface area contributed by atoms with Crippen molar-refractivity contribution in [2.45, 2.75) is 64.4 Å². The van der Waals surface area contributed by atoms with Crippen molar-refractivity contribution in [3.8, 4) is 5.75 Å². The Morgan fingerprint density at radius 1 is 1.23 bits per heavy atom. The van der Waals surface area contributed by atoms with Crippen molar-refractivity contribution in [2.24, 2.45) is 0 Å². The number of esters is 1. The summed E-state index contributed by atoms with van der Waals surface area (Å²) in [5.74, 6) is -0.102. The number of ketones is 1. The fourth-order valence-corrected chi connectivity index (χ4v) is 4.65. The molecule has 0 radical (unpaired) electrons. The van der Waals surface area contributed by atoms with Crippen LogP contribution in [0.1, 0.15) is 63.9 Å². The van der Waals surface area contributed by atoms with Gasteiger partial charge in [-0.2, -0.15) is 0 Å². The largest absolute Gasteiger partial charge is 0.493 e. The zero-order chi connectivity index (χ0) is 21.8. The first kappa shape index (κ1) is 21.6. The number of nitrogens with one attached hydrogen (secondary N) is 1. The van der Waals surface area contributed by atoms with Gasteiger partial charge in [-0.3, -0.25) is 4.79 Å². The summed E-state index contributed by atoms with van der Waals surface area (Å²) in [5.41, 5.74) is 3.65. The molecule has 6 heteroatoms. The quantitative estimate of drug-likeness (QED) is 0.661. The lowest BCUT2D eigenvalue weighted by Crippen LogP contribution is -2.35. The lowest BCUT2D eigenvalue weighted by molar-refractivity contribution is -0.142. The van der Waals surface area contributed by atoms with Crippen LogP contribution in [0.4, 0.5) is 0 Å². The Morgan fingerprint density at radius 2 is 2.06 bits per heavy atom. The molecule has 1 saturated heterocycles. The van der Waals surface area contributed by atoms with E-state index in [4.69, 9.17) is 14.2 Å². The van der Waals surface area contributed by atoms with Crippen LogP contribution >= 0.6 is 0 Å². The number of Topliss-reactive ketones (excluding diaryl/α,β-unsaturated/α-hetero) is 1. The zero-order valence-electron chi connectivity index (χ0n) is 18.4. The molecule has 31 heavy (non-hydrogen) atoms. The summed E-state index contributed by atoms with van der Waals surface area (Å²) < 4.78 is 17.3. The average molecular weight is 426 g/mol. The molecule has 4 rings (SSSR count). The molecular weight excluding hydrogens is 394 g/mol. The Kier molecular flexibility index (Phi) is 6.76. The van der Waals surface area contributed by atoms with Gasteiger partial charge in [0.05, 0.1) is 24.2 Å². The molecule has 6 nitrogen and oxygen atoms in total.